The molecule has 0 spiro atoms. The first-order valence-corrected chi connectivity index (χ1v) is 7.71. The highest BCUT2D eigenvalue weighted by atomic mass is 32.2. The summed E-state index contributed by atoms with van der Waals surface area (Å²) in [6, 6.07) is 0.185. The van der Waals surface area contributed by atoms with Gasteiger partial charge in [0.15, 0.2) is 0 Å². The predicted molar refractivity (Wildman–Crippen MR) is 60.2 cm³/mol. The second-order valence-corrected chi connectivity index (χ2v) is 7.80. The molecular weight excluding hydrogens is 226 g/mol. The third-order valence-electron chi connectivity index (χ3n) is 4.82. The summed E-state index contributed by atoms with van der Waals surface area (Å²) < 4.78 is 26.4. The summed E-state index contributed by atoms with van der Waals surface area (Å²) in [5.74, 6) is 2.76. The maximum absolute atomic E-state index is 11.8. The standard InChI is InChI=1S/C11H19NO3S/c1-6(5-13)16(14,15)12-11-9-7-2-3-8(4-7)10(9)11/h6-13H,2-5H2,1H3. The normalized spacial score (nSPS) is 46.8. The minimum absolute atomic E-state index is 0.185. The van der Waals surface area contributed by atoms with Crippen molar-refractivity contribution in [2.75, 3.05) is 6.61 Å². The van der Waals surface area contributed by atoms with E-state index in [0.717, 1.165) is 11.8 Å². The molecule has 0 saturated heterocycles. The van der Waals surface area contributed by atoms with Gasteiger partial charge in [-0.2, -0.15) is 0 Å². The van der Waals surface area contributed by atoms with Crippen molar-refractivity contribution in [3.8, 4) is 0 Å². The fourth-order valence-electron chi connectivity index (χ4n) is 3.89. The Morgan fingerprint density at radius 1 is 1.31 bits per heavy atom. The Hall–Kier alpha value is -0.130. The van der Waals surface area contributed by atoms with E-state index >= 15 is 0 Å². The van der Waals surface area contributed by atoms with Crippen molar-refractivity contribution in [1.29, 1.82) is 0 Å². The molecule has 3 aliphatic rings. The first-order chi connectivity index (χ1) is 7.54. The molecule has 5 heteroatoms. The van der Waals surface area contributed by atoms with E-state index in [1.807, 2.05) is 0 Å². The third kappa shape index (κ3) is 1.45. The van der Waals surface area contributed by atoms with Crippen molar-refractivity contribution in [3.05, 3.63) is 0 Å². The molecule has 5 atom stereocenters. The number of rotatable bonds is 4. The van der Waals surface area contributed by atoms with Crippen molar-refractivity contribution < 1.29 is 13.5 Å². The van der Waals surface area contributed by atoms with Gasteiger partial charge in [-0.05, 0) is 49.9 Å². The zero-order chi connectivity index (χ0) is 11.5. The summed E-state index contributed by atoms with van der Waals surface area (Å²) in [5.41, 5.74) is 0. The SMILES string of the molecule is CC(CO)S(=O)(=O)NC1C2C3CCC(C3)C12. The Balaban J connectivity index is 1.66. The second-order valence-electron chi connectivity index (χ2n) is 5.67. The maximum atomic E-state index is 11.8. The van der Waals surface area contributed by atoms with Crippen molar-refractivity contribution in [2.24, 2.45) is 23.7 Å². The molecule has 2 bridgehead atoms. The molecule has 3 saturated carbocycles. The van der Waals surface area contributed by atoms with Crippen LogP contribution in [0.3, 0.4) is 0 Å². The van der Waals surface area contributed by atoms with Gasteiger partial charge in [0.25, 0.3) is 0 Å². The van der Waals surface area contributed by atoms with Crippen LogP contribution >= 0.6 is 0 Å². The fourth-order valence-corrected chi connectivity index (χ4v) is 5.01. The first-order valence-electron chi connectivity index (χ1n) is 6.16. The average molecular weight is 245 g/mol. The van der Waals surface area contributed by atoms with Gasteiger partial charge >= 0.3 is 0 Å². The average Bonchev–Trinajstić information content (AvgIpc) is 2.66. The van der Waals surface area contributed by atoms with Crippen LogP contribution in [0.2, 0.25) is 0 Å². The number of nitrogens with one attached hydrogen (secondary N) is 1. The van der Waals surface area contributed by atoms with Crippen LogP contribution < -0.4 is 4.72 Å². The van der Waals surface area contributed by atoms with Crippen LogP contribution in [-0.4, -0.2) is 31.4 Å². The first kappa shape index (κ1) is 11.0. The maximum Gasteiger partial charge on any atom is 0.216 e. The smallest absolute Gasteiger partial charge is 0.216 e. The zero-order valence-electron chi connectivity index (χ0n) is 9.46. The highest BCUT2D eigenvalue weighted by molar-refractivity contribution is 7.90. The minimum Gasteiger partial charge on any atom is -0.395 e. The third-order valence-corrected chi connectivity index (χ3v) is 6.63. The quantitative estimate of drug-likeness (QED) is 0.750. The molecule has 0 radical (unpaired) electrons. The molecule has 0 aromatic heterocycles. The van der Waals surface area contributed by atoms with Crippen LogP contribution in [0.15, 0.2) is 0 Å². The van der Waals surface area contributed by atoms with Crippen molar-refractivity contribution in [2.45, 2.75) is 37.5 Å². The highest BCUT2D eigenvalue weighted by Crippen LogP contribution is 2.65. The summed E-state index contributed by atoms with van der Waals surface area (Å²) in [6.07, 6.45) is 3.91. The van der Waals surface area contributed by atoms with Crippen LogP contribution in [0.25, 0.3) is 0 Å². The monoisotopic (exact) mass is 245 g/mol. The summed E-state index contributed by atoms with van der Waals surface area (Å²) in [7, 11) is -3.31. The molecule has 3 rings (SSSR count). The largest absolute Gasteiger partial charge is 0.395 e. The van der Waals surface area contributed by atoms with Gasteiger partial charge in [-0.15, -0.1) is 0 Å². The van der Waals surface area contributed by atoms with Crippen LogP contribution in [0.4, 0.5) is 0 Å². The summed E-state index contributed by atoms with van der Waals surface area (Å²) in [6.45, 7) is 1.25. The van der Waals surface area contributed by atoms with E-state index in [4.69, 9.17) is 5.11 Å². The van der Waals surface area contributed by atoms with Crippen molar-refractivity contribution >= 4 is 10.0 Å². The van der Waals surface area contributed by atoms with Gasteiger partial charge in [0.05, 0.1) is 11.9 Å². The van der Waals surface area contributed by atoms with Crippen LogP contribution in [0, 0.1) is 23.7 Å². The lowest BCUT2D eigenvalue weighted by Crippen LogP contribution is -2.38. The summed E-state index contributed by atoms with van der Waals surface area (Å²) >= 11 is 0. The Morgan fingerprint density at radius 2 is 1.88 bits per heavy atom. The van der Waals surface area contributed by atoms with Gasteiger partial charge in [0, 0.05) is 6.04 Å². The molecule has 0 heterocycles. The topological polar surface area (TPSA) is 66.4 Å². The number of hydrogen-bond acceptors (Lipinski definition) is 3. The van der Waals surface area contributed by atoms with Gasteiger partial charge in [-0.3, -0.25) is 0 Å². The predicted octanol–water partition coefficient (Wildman–Crippen LogP) is 0.331. The van der Waals surface area contributed by atoms with E-state index < -0.39 is 15.3 Å². The lowest BCUT2D eigenvalue weighted by atomic mass is 10.0. The van der Waals surface area contributed by atoms with Crippen molar-refractivity contribution in [3.63, 3.8) is 0 Å². The molecule has 5 unspecified atom stereocenters. The molecule has 3 aliphatic carbocycles. The molecule has 0 aliphatic heterocycles. The Labute approximate surface area is 96.5 Å². The van der Waals surface area contributed by atoms with Crippen LogP contribution in [-0.2, 0) is 10.0 Å². The molecule has 16 heavy (non-hydrogen) atoms. The van der Waals surface area contributed by atoms with E-state index in [1.165, 1.54) is 19.3 Å². The van der Waals surface area contributed by atoms with Gasteiger partial charge in [-0.25, -0.2) is 13.1 Å². The van der Waals surface area contributed by atoms with E-state index in [2.05, 4.69) is 4.72 Å². The minimum atomic E-state index is -3.31. The Kier molecular flexibility index (Phi) is 2.36. The fraction of sp³-hybridized carbons (Fsp3) is 1.00. The molecular formula is C11H19NO3S. The van der Waals surface area contributed by atoms with E-state index in [1.54, 1.807) is 6.92 Å². The molecule has 4 nitrogen and oxygen atoms in total. The van der Waals surface area contributed by atoms with Gasteiger partial charge in [0.1, 0.15) is 0 Å². The molecule has 0 aromatic rings. The van der Waals surface area contributed by atoms with Crippen LogP contribution in [0.1, 0.15) is 26.2 Å². The highest BCUT2D eigenvalue weighted by Gasteiger charge is 2.65. The zero-order valence-corrected chi connectivity index (χ0v) is 10.3. The second kappa shape index (κ2) is 3.43. The number of fused-ring (bicyclic) bond motifs is 5. The molecule has 0 amide bonds. The molecule has 0 aromatic carbocycles. The lowest BCUT2D eigenvalue weighted by Gasteiger charge is -2.14. The van der Waals surface area contributed by atoms with E-state index in [0.29, 0.717) is 11.8 Å². The summed E-state index contributed by atoms with van der Waals surface area (Å²) in [5, 5.41) is 8.22. The van der Waals surface area contributed by atoms with Gasteiger partial charge < -0.3 is 5.11 Å². The van der Waals surface area contributed by atoms with Crippen molar-refractivity contribution in [1.82, 2.24) is 4.72 Å². The number of aliphatic hydroxyl groups excluding tert-OH is 1. The van der Waals surface area contributed by atoms with E-state index in [9.17, 15) is 8.42 Å². The van der Waals surface area contributed by atoms with Crippen LogP contribution in [0.5, 0.6) is 0 Å². The Morgan fingerprint density at radius 3 is 2.38 bits per heavy atom. The molecule has 3 fully saturated rings. The lowest BCUT2D eigenvalue weighted by molar-refractivity contribution is 0.294. The summed E-state index contributed by atoms with van der Waals surface area (Å²) in [4.78, 5) is 0. The Bertz CT molecular complexity index is 378. The number of sulfonamides is 1. The number of aliphatic hydroxyl groups is 1. The van der Waals surface area contributed by atoms with Gasteiger partial charge in [0.2, 0.25) is 10.0 Å². The number of hydrogen-bond donors (Lipinski definition) is 2. The van der Waals surface area contributed by atoms with Gasteiger partial charge in [-0.1, -0.05) is 0 Å². The molecule has 2 N–H and O–H groups in total. The van der Waals surface area contributed by atoms with E-state index in [-0.39, 0.29) is 12.6 Å². The molecule has 92 valence electrons.